The number of benzene rings is 7. The molecular weight excluding hydrogens is 590 g/mol. The molecule has 5 nitrogen and oxygen atoms in total. The number of hydrogen-bond donors (Lipinski definition) is 0. The summed E-state index contributed by atoms with van der Waals surface area (Å²) in [6.07, 6.45) is 0. The predicted octanol–water partition coefficient (Wildman–Crippen LogP) is 11.5. The highest BCUT2D eigenvalue weighted by atomic mass is 16.3. The Morgan fingerprint density at radius 1 is 0.354 bits per heavy atom. The largest absolute Gasteiger partial charge is 0.456 e. The van der Waals surface area contributed by atoms with Crippen LogP contribution in [-0.2, 0) is 0 Å². The van der Waals surface area contributed by atoms with Gasteiger partial charge in [-0.2, -0.15) is 0 Å². The quantitative estimate of drug-likeness (QED) is 0.197. The molecule has 0 amide bonds. The summed E-state index contributed by atoms with van der Waals surface area (Å²) in [6, 6.07) is 51.6. The maximum atomic E-state index is 6.65. The van der Waals surface area contributed by atoms with Crippen LogP contribution in [0, 0.1) is 0 Å². The molecule has 224 valence electrons. The molecule has 0 spiro atoms. The third-order valence-corrected chi connectivity index (χ3v) is 9.13. The second-order valence-corrected chi connectivity index (χ2v) is 12.0. The molecule has 48 heavy (non-hydrogen) atoms. The Balaban J connectivity index is 1.22. The summed E-state index contributed by atoms with van der Waals surface area (Å²) in [5.41, 5.74) is 8.01. The maximum Gasteiger partial charge on any atom is 0.164 e. The van der Waals surface area contributed by atoms with Crippen molar-refractivity contribution in [3.63, 3.8) is 0 Å². The monoisotopic (exact) mass is 615 g/mol. The third-order valence-electron chi connectivity index (χ3n) is 9.13. The number of hydrogen-bond acceptors (Lipinski definition) is 5. The molecular formula is C43H25N3O2. The average molecular weight is 616 g/mol. The first kappa shape index (κ1) is 26.6. The SMILES string of the molecule is c1ccc(-c2nc(-c3ccc4ccccc4c3)nc(-c3ccc(-c4ccc5c(c4)oc4ccccc45)c4oc5ccccc5c34)n2)cc1. The minimum atomic E-state index is 0.586. The van der Waals surface area contributed by atoms with Crippen molar-refractivity contribution in [2.45, 2.75) is 0 Å². The van der Waals surface area contributed by atoms with Crippen LogP contribution in [0.25, 0.3) is 99.9 Å². The van der Waals surface area contributed by atoms with Gasteiger partial charge in [-0.3, -0.25) is 0 Å². The van der Waals surface area contributed by atoms with E-state index in [1.165, 1.54) is 5.39 Å². The Labute approximate surface area is 274 Å². The lowest BCUT2D eigenvalue weighted by molar-refractivity contribution is 0.668. The van der Waals surface area contributed by atoms with Crippen LogP contribution in [0.15, 0.2) is 160 Å². The van der Waals surface area contributed by atoms with Crippen molar-refractivity contribution < 1.29 is 8.83 Å². The topological polar surface area (TPSA) is 65.0 Å². The van der Waals surface area contributed by atoms with E-state index < -0.39 is 0 Å². The van der Waals surface area contributed by atoms with Gasteiger partial charge in [-0.1, -0.05) is 109 Å². The molecule has 0 saturated carbocycles. The summed E-state index contributed by atoms with van der Waals surface area (Å²) in [5, 5.41) is 6.46. The van der Waals surface area contributed by atoms with Gasteiger partial charge in [0.05, 0.1) is 0 Å². The summed E-state index contributed by atoms with van der Waals surface area (Å²) in [4.78, 5) is 15.2. The molecule has 5 heteroatoms. The number of fused-ring (bicyclic) bond motifs is 7. The summed E-state index contributed by atoms with van der Waals surface area (Å²) in [5.74, 6) is 1.82. The molecule has 0 bridgehead atoms. The van der Waals surface area contributed by atoms with E-state index in [4.69, 9.17) is 23.8 Å². The van der Waals surface area contributed by atoms with Crippen LogP contribution < -0.4 is 0 Å². The molecule has 0 radical (unpaired) electrons. The first-order valence-electron chi connectivity index (χ1n) is 15.9. The molecule has 0 atom stereocenters. The summed E-state index contributed by atoms with van der Waals surface area (Å²) < 4.78 is 12.9. The Kier molecular flexibility index (Phi) is 5.81. The van der Waals surface area contributed by atoms with Gasteiger partial charge in [0.15, 0.2) is 17.5 Å². The van der Waals surface area contributed by atoms with E-state index in [0.717, 1.165) is 77.1 Å². The molecule has 10 rings (SSSR count). The van der Waals surface area contributed by atoms with Gasteiger partial charge >= 0.3 is 0 Å². The lowest BCUT2D eigenvalue weighted by atomic mass is 9.97. The van der Waals surface area contributed by atoms with Crippen molar-refractivity contribution >= 4 is 54.6 Å². The van der Waals surface area contributed by atoms with E-state index in [9.17, 15) is 0 Å². The van der Waals surface area contributed by atoms with E-state index in [1.807, 2.05) is 66.7 Å². The van der Waals surface area contributed by atoms with Crippen LogP contribution in [-0.4, -0.2) is 15.0 Å². The fourth-order valence-corrected chi connectivity index (χ4v) is 6.81. The van der Waals surface area contributed by atoms with Gasteiger partial charge in [0.25, 0.3) is 0 Å². The zero-order chi connectivity index (χ0) is 31.6. The summed E-state index contributed by atoms with van der Waals surface area (Å²) in [6.45, 7) is 0. The minimum Gasteiger partial charge on any atom is -0.456 e. The smallest absolute Gasteiger partial charge is 0.164 e. The second-order valence-electron chi connectivity index (χ2n) is 12.0. The normalized spacial score (nSPS) is 11.8. The van der Waals surface area contributed by atoms with Gasteiger partial charge in [0.1, 0.15) is 22.3 Å². The molecule has 0 unspecified atom stereocenters. The second kappa shape index (κ2) is 10.5. The molecule has 0 saturated heterocycles. The fourth-order valence-electron chi connectivity index (χ4n) is 6.81. The standard InChI is InChI=1S/C43H25N3O2/c1-2-11-27(12-3-1)41-44-42(30-19-18-26-10-4-5-13-28(26)24-30)46-43(45-41)35-23-22-31(40-39(35)34-15-7-9-17-37(34)48-40)29-20-21-33-32-14-6-8-16-36(32)47-38(33)25-29/h1-25H. The number of furan rings is 2. The number of aromatic nitrogens is 3. The molecule has 10 aromatic rings. The van der Waals surface area contributed by atoms with Crippen LogP contribution in [0.3, 0.4) is 0 Å². The average Bonchev–Trinajstić information content (AvgIpc) is 3.73. The van der Waals surface area contributed by atoms with E-state index in [-0.39, 0.29) is 0 Å². The molecule has 0 aliphatic heterocycles. The highest BCUT2D eigenvalue weighted by Crippen LogP contribution is 2.42. The zero-order valence-electron chi connectivity index (χ0n) is 25.6. The molecule has 0 fully saturated rings. The Bertz CT molecular complexity index is 2850. The van der Waals surface area contributed by atoms with Gasteiger partial charge in [0, 0.05) is 43.8 Å². The van der Waals surface area contributed by atoms with Gasteiger partial charge in [0.2, 0.25) is 0 Å². The van der Waals surface area contributed by atoms with Crippen LogP contribution in [0.4, 0.5) is 0 Å². The molecule has 3 aromatic heterocycles. The van der Waals surface area contributed by atoms with Crippen LogP contribution >= 0.6 is 0 Å². The maximum absolute atomic E-state index is 6.65. The Morgan fingerprint density at radius 3 is 1.83 bits per heavy atom. The van der Waals surface area contributed by atoms with E-state index in [1.54, 1.807) is 0 Å². The molecule has 0 aliphatic rings. The molecule has 0 N–H and O–H groups in total. The number of para-hydroxylation sites is 2. The lowest BCUT2D eigenvalue weighted by Gasteiger charge is -2.11. The third kappa shape index (κ3) is 4.22. The molecule has 3 heterocycles. The van der Waals surface area contributed by atoms with Gasteiger partial charge in [-0.25, -0.2) is 15.0 Å². The minimum absolute atomic E-state index is 0.586. The van der Waals surface area contributed by atoms with Crippen molar-refractivity contribution in [1.82, 2.24) is 15.0 Å². The van der Waals surface area contributed by atoms with Gasteiger partial charge in [-0.15, -0.1) is 0 Å². The fraction of sp³-hybridized carbons (Fsp3) is 0. The van der Waals surface area contributed by atoms with Gasteiger partial charge < -0.3 is 8.83 Å². The molecule has 7 aromatic carbocycles. The van der Waals surface area contributed by atoms with Gasteiger partial charge in [-0.05, 0) is 58.8 Å². The van der Waals surface area contributed by atoms with Crippen LogP contribution in [0.1, 0.15) is 0 Å². The first-order valence-corrected chi connectivity index (χ1v) is 15.9. The van der Waals surface area contributed by atoms with Crippen LogP contribution in [0.5, 0.6) is 0 Å². The highest BCUT2D eigenvalue weighted by molar-refractivity contribution is 6.16. The Hall–Kier alpha value is -6.59. The van der Waals surface area contributed by atoms with Crippen molar-refractivity contribution in [2.75, 3.05) is 0 Å². The van der Waals surface area contributed by atoms with Crippen LogP contribution in [0.2, 0.25) is 0 Å². The summed E-state index contributed by atoms with van der Waals surface area (Å²) in [7, 11) is 0. The Morgan fingerprint density at radius 2 is 0.979 bits per heavy atom. The van der Waals surface area contributed by atoms with Crippen molar-refractivity contribution in [1.29, 1.82) is 0 Å². The molecule has 0 aliphatic carbocycles. The van der Waals surface area contributed by atoms with Crippen molar-refractivity contribution in [2.24, 2.45) is 0 Å². The zero-order valence-corrected chi connectivity index (χ0v) is 25.6. The highest BCUT2D eigenvalue weighted by Gasteiger charge is 2.21. The van der Waals surface area contributed by atoms with E-state index >= 15 is 0 Å². The number of nitrogens with zero attached hydrogens (tertiary/aromatic N) is 3. The van der Waals surface area contributed by atoms with E-state index in [2.05, 4.69) is 84.9 Å². The number of rotatable bonds is 4. The lowest BCUT2D eigenvalue weighted by Crippen LogP contribution is -2.00. The predicted molar refractivity (Wildman–Crippen MR) is 194 cm³/mol. The first-order chi connectivity index (χ1) is 23.8. The van der Waals surface area contributed by atoms with Crippen molar-refractivity contribution in [3.05, 3.63) is 152 Å². The summed E-state index contributed by atoms with van der Waals surface area (Å²) >= 11 is 0. The van der Waals surface area contributed by atoms with E-state index in [0.29, 0.717) is 17.5 Å². The van der Waals surface area contributed by atoms with Crippen molar-refractivity contribution in [3.8, 4) is 45.3 Å².